The lowest BCUT2D eigenvalue weighted by atomic mass is 10.2. The van der Waals surface area contributed by atoms with Crippen molar-refractivity contribution in [3.63, 3.8) is 0 Å². The van der Waals surface area contributed by atoms with Gasteiger partial charge in [-0.25, -0.2) is 22.7 Å². The van der Waals surface area contributed by atoms with Crippen LogP contribution in [0.15, 0.2) is 72.1 Å². The van der Waals surface area contributed by atoms with Crippen molar-refractivity contribution in [2.45, 2.75) is 11.4 Å². The van der Waals surface area contributed by atoms with Gasteiger partial charge in [-0.2, -0.15) is 4.98 Å². The Kier molecular flexibility index (Phi) is 4.99. The van der Waals surface area contributed by atoms with Gasteiger partial charge in [-0.05, 0) is 23.8 Å². The maximum Gasteiger partial charge on any atom is 0.242 e. The second-order valence-corrected chi connectivity index (χ2v) is 8.80. The molecular formula is C20H20N6O2S. The maximum absolute atomic E-state index is 12.6. The molecule has 0 aliphatic rings. The van der Waals surface area contributed by atoms with Crippen molar-refractivity contribution in [3.8, 4) is 5.95 Å². The third-order valence-corrected chi connectivity index (χ3v) is 6.28. The van der Waals surface area contributed by atoms with Gasteiger partial charge in [0.15, 0.2) is 0 Å². The van der Waals surface area contributed by atoms with E-state index >= 15 is 0 Å². The zero-order chi connectivity index (χ0) is 20.4. The second kappa shape index (κ2) is 7.61. The summed E-state index contributed by atoms with van der Waals surface area (Å²) in [7, 11) is -0.557. The molecule has 4 aromatic rings. The van der Waals surface area contributed by atoms with Gasteiger partial charge in [-0.3, -0.25) is 4.57 Å². The molecule has 2 aromatic carbocycles. The molecule has 2 aromatic heterocycles. The lowest BCUT2D eigenvalue weighted by molar-refractivity contribution is 0.521. The highest BCUT2D eigenvalue weighted by molar-refractivity contribution is 7.89. The van der Waals surface area contributed by atoms with Crippen molar-refractivity contribution in [1.82, 2.24) is 23.8 Å². The van der Waals surface area contributed by atoms with Gasteiger partial charge in [0.05, 0.1) is 10.4 Å². The first-order chi connectivity index (χ1) is 13.9. The minimum atomic E-state index is -3.57. The molecule has 0 unspecified atom stereocenters. The minimum Gasteiger partial charge on any atom is -0.365 e. The highest BCUT2D eigenvalue weighted by Crippen LogP contribution is 2.26. The summed E-state index contributed by atoms with van der Waals surface area (Å²) in [5, 5.41) is 3.95. The van der Waals surface area contributed by atoms with E-state index in [1.54, 1.807) is 41.5 Å². The molecule has 4 rings (SSSR count). The number of imidazole rings is 1. The van der Waals surface area contributed by atoms with Crippen LogP contribution in [0.25, 0.3) is 16.9 Å². The third kappa shape index (κ3) is 3.82. The minimum absolute atomic E-state index is 0.191. The Hall–Kier alpha value is -3.30. The van der Waals surface area contributed by atoms with Gasteiger partial charge < -0.3 is 5.32 Å². The van der Waals surface area contributed by atoms with E-state index in [1.165, 1.54) is 18.4 Å². The molecule has 0 fully saturated rings. The first-order valence-electron chi connectivity index (χ1n) is 8.95. The molecular weight excluding hydrogens is 388 g/mol. The molecule has 0 bridgehead atoms. The fraction of sp³-hybridized carbons (Fsp3) is 0.150. The number of rotatable bonds is 6. The van der Waals surface area contributed by atoms with Crippen LogP contribution >= 0.6 is 0 Å². The average molecular weight is 408 g/mol. The van der Waals surface area contributed by atoms with Crippen molar-refractivity contribution < 1.29 is 8.42 Å². The molecule has 148 valence electrons. The average Bonchev–Trinajstić information content (AvgIpc) is 3.27. The number of anilines is 1. The monoisotopic (exact) mass is 408 g/mol. The molecule has 0 amide bonds. The summed E-state index contributed by atoms with van der Waals surface area (Å²) in [6.45, 7) is 0.543. The summed E-state index contributed by atoms with van der Waals surface area (Å²) in [5.41, 5.74) is 1.72. The molecule has 29 heavy (non-hydrogen) atoms. The van der Waals surface area contributed by atoms with Crippen molar-refractivity contribution >= 4 is 26.7 Å². The van der Waals surface area contributed by atoms with Gasteiger partial charge in [0.25, 0.3) is 0 Å². The fourth-order valence-corrected chi connectivity index (χ4v) is 3.80. The van der Waals surface area contributed by atoms with Crippen LogP contribution in [0.5, 0.6) is 0 Å². The van der Waals surface area contributed by atoms with Crippen LogP contribution < -0.4 is 5.32 Å². The van der Waals surface area contributed by atoms with E-state index in [-0.39, 0.29) is 4.90 Å². The standard InChI is InChI=1S/C20H20N6O2S/c1-25(2)29(27,28)16-8-9-18-17(12-16)19(22-13-15-6-4-3-5-7-15)24-20(23-18)26-11-10-21-14-26/h3-12,14H,13H2,1-2H3,(H,22,23,24). The Balaban J connectivity index is 1.83. The normalized spacial score (nSPS) is 11.8. The lowest BCUT2D eigenvalue weighted by Crippen LogP contribution is -2.22. The van der Waals surface area contributed by atoms with E-state index in [9.17, 15) is 8.42 Å². The number of benzene rings is 2. The zero-order valence-electron chi connectivity index (χ0n) is 16.0. The van der Waals surface area contributed by atoms with Crippen LogP contribution in [0.4, 0.5) is 5.82 Å². The van der Waals surface area contributed by atoms with Gasteiger partial charge in [0.2, 0.25) is 16.0 Å². The molecule has 9 heteroatoms. The number of aromatic nitrogens is 4. The lowest BCUT2D eigenvalue weighted by Gasteiger charge is -2.14. The summed E-state index contributed by atoms with van der Waals surface area (Å²) in [5.74, 6) is 1.01. The van der Waals surface area contributed by atoms with E-state index in [2.05, 4.69) is 20.3 Å². The number of sulfonamides is 1. The topological polar surface area (TPSA) is 93.0 Å². The van der Waals surface area contributed by atoms with Crippen molar-refractivity contribution in [1.29, 1.82) is 0 Å². The van der Waals surface area contributed by atoms with E-state index in [0.29, 0.717) is 29.2 Å². The SMILES string of the molecule is CN(C)S(=O)(=O)c1ccc2nc(-n3ccnc3)nc(NCc3ccccc3)c2c1. The van der Waals surface area contributed by atoms with Crippen molar-refractivity contribution in [2.24, 2.45) is 0 Å². The molecule has 0 saturated heterocycles. The summed E-state index contributed by atoms with van der Waals surface area (Å²) in [6.07, 6.45) is 5.03. The predicted molar refractivity (Wildman–Crippen MR) is 111 cm³/mol. The molecule has 8 nitrogen and oxygen atoms in total. The summed E-state index contributed by atoms with van der Waals surface area (Å²) < 4.78 is 28.0. The molecule has 0 atom stereocenters. The van der Waals surface area contributed by atoms with E-state index < -0.39 is 10.0 Å². The van der Waals surface area contributed by atoms with Gasteiger partial charge in [0, 0.05) is 38.4 Å². The molecule has 0 spiro atoms. The van der Waals surface area contributed by atoms with E-state index in [4.69, 9.17) is 0 Å². The summed E-state index contributed by atoms with van der Waals surface area (Å²) >= 11 is 0. The Morgan fingerprint density at radius 1 is 1.07 bits per heavy atom. The fourth-order valence-electron chi connectivity index (χ4n) is 2.88. The number of fused-ring (bicyclic) bond motifs is 1. The summed E-state index contributed by atoms with van der Waals surface area (Å²) in [6, 6.07) is 14.8. The smallest absolute Gasteiger partial charge is 0.242 e. The first kappa shape index (κ1) is 19.0. The van der Waals surface area contributed by atoms with Gasteiger partial charge in [-0.15, -0.1) is 0 Å². The molecule has 0 radical (unpaired) electrons. The van der Waals surface area contributed by atoms with Crippen LogP contribution in [0.2, 0.25) is 0 Å². The van der Waals surface area contributed by atoms with Crippen LogP contribution in [0, 0.1) is 0 Å². The van der Waals surface area contributed by atoms with Crippen LogP contribution in [0.3, 0.4) is 0 Å². The molecule has 2 heterocycles. The van der Waals surface area contributed by atoms with Crippen molar-refractivity contribution in [2.75, 3.05) is 19.4 Å². The number of hydrogen-bond acceptors (Lipinski definition) is 6. The Bertz CT molecular complexity index is 1240. The Labute approximate surface area is 168 Å². The van der Waals surface area contributed by atoms with E-state index in [0.717, 1.165) is 5.56 Å². The van der Waals surface area contributed by atoms with Gasteiger partial charge in [-0.1, -0.05) is 30.3 Å². The second-order valence-electron chi connectivity index (χ2n) is 6.65. The third-order valence-electron chi connectivity index (χ3n) is 4.47. The largest absolute Gasteiger partial charge is 0.365 e. The van der Waals surface area contributed by atoms with Gasteiger partial charge >= 0.3 is 0 Å². The van der Waals surface area contributed by atoms with E-state index in [1.807, 2.05) is 30.3 Å². The maximum atomic E-state index is 12.6. The quantitative estimate of drug-likeness (QED) is 0.527. The molecule has 0 aliphatic heterocycles. The summed E-state index contributed by atoms with van der Waals surface area (Å²) in [4.78, 5) is 13.4. The predicted octanol–water partition coefficient (Wildman–Crippen LogP) is 2.68. The number of nitrogens with zero attached hydrogens (tertiary/aromatic N) is 5. The van der Waals surface area contributed by atoms with Crippen LogP contribution in [-0.2, 0) is 16.6 Å². The highest BCUT2D eigenvalue weighted by atomic mass is 32.2. The molecule has 0 aliphatic carbocycles. The van der Waals surface area contributed by atoms with Crippen molar-refractivity contribution in [3.05, 3.63) is 72.8 Å². The molecule has 0 saturated carbocycles. The number of nitrogens with one attached hydrogen (secondary N) is 1. The molecule has 1 N–H and O–H groups in total. The first-order valence-corrected chi connectivity index (χ1v) is 10.4. The Morgan fingerprint density at radius 2 is 1.86 bits per heavy atom. The Morgan fingerprint density at radius 3 is 2.55 bits per heavy atom. The van der Waals surface area contributed by atoms with Crippen LogP contribution in [-0.4, -0.2) is 46.3 Å². The van der Waals surface area contributed by atoms with Gasteiger partial charge in [0.1, 0.15) is 12.1 Å². The van der Waals surface area contributed by atoms with Crippen LogP contribution in [0.1, 0.15) is 5.56 Å². The zero-order valence-corrected chi connectivity index (χ0v) is 16.8. The highest BCUT2D eigenvalue weighted by Gasteiger charge is 2.19. The number of hydrogen-bond donors (Lipinski definition) is 1.